The topological polar surface area (TPSA) is 84.5 Å². The number of ether oxygens (including phenoxy) is 2. The summed E-state index contributed by atoms with van der Waals surface area (Å²) in [6, 6.07) is 0. The van der Waals surface area contributed by atoms with Crippen LogP contribution < -0.4 is 0 Å². The van der Waals surface area contributed by atoms with Gasteiger partial charge in [0, 0.05) is 23.2 Å². The largest absolute Gasteiger partial charge is 0.461 e. The number of hydrogen-bond acceptors (Lipinski definition) is 5. The third-order valence-corrected chi connectivity index (χ3v) is 3.69. The number of carbonyl (C=O) groups excluding carboxylic acids is 2. The van der Waals surface area contributed by atoms with E-state index in [-0.39, 0.29) is 18.8 Å². The molecule has 7 nitrogen and oxygen atoms in total. The molecule has 0 fully saturated rings. The average molecular weight is 323 g/mol. The van der Waals surface area contributed by atoms with Gasteiger partial charge in [0.15, 0.2) is 5.69 Å². The van der Waals surface area contributed by atoms with Crippen LogP contribution in [0.4, 0.5) is 4.79 Å². The molecule has 1 aliphatic heterocycles. The third-order valence-electron chi connectivity index (χ3n) is 3.69. The molecule has 0 aromatic carbocycles. The van der Waals surface area contributed by atoms with Crippen molar-refractivity contribution in [2.24, 2.45) is 0 Å². The summed E-state index contributed by atoms with van der Waals surface area (Å²) in [5.41, 5.74) is 0.791. The van der Waals surface area contributed by atoms with Gasteiger partial charge < -0.3 is 9.47 Å². The van der Waals surface area contributed by atoms with Crippen LogP contribution in [0.2, 0.25) is 0 Å². The van der Waals surface area contributed by atoms with Crippen LogP contribution in [-0.4, -0.2) is 44.9 Å². The summed E-state index contributed by atoms with van der Waals surface area (Å²) in [7, 11) is 0. The number of esters is 1. The summed E-state index contributed by atoms with van der Waals surface area (Å²) >= 11 is 0. The number of hydrogen-bond donors (Lipinski definition) is 1. The van der Waals surface area contributed by atoms with Crippen LogP contribution in [-0.2, 0) is 22.4 Å². The second kappa shape index (κ2) is 5.86. The Morgan fingerprint density at radius 1 is 1.35 bits per heavy atom. The minimum atomic E-state index is -0.576. The maximum atomic E-state index is 12.5. The molecule has 0 saturated heterocycles. The smallest absolute Gasteiger partial charge is 0.411 e. The van der Waals surface area contributed by atoms with Crippen molar-refractivity contribution in [2.45, 2.75) is 65.6 Å². The van der Waals surface area contributed by atoms with Crippen LogP contribution >= 0.6 is 0 Å². The molecule has 0 unspecified atom stereocenters. The second-order valence-electron chi connectivity index (χ2n) is 7.31. The lowest BCUT2D eigenvalue weighted by atomic mass is 9.89. The molecular formula is C16H25N3O4. The number of fused-ring (bicyclic) bond motifs is 1. The molecule has 0 saturated carbocycles. The van der Waals surface area contributed by atoms with Gasteiger partial charge in [-0.15, -0.1) is 0 Å². The van der Waals surface area contributed by atoms with Gasteiger partial charge in [0.1, 0.15) is 5.60 Å². The molecule has 2 heterocycles. The number of nitrogens with one attached hydrogen (secondary N) is 1. The molecule has 1 aromatic heterocycles. The van der Waals surface area contributed by atoms with Gasteiger partial charge in [-0.3, -0.25) is 10.00 Å². The number of H-pyrrole nitrogens is 1. The molecule has 0 spiro atoms. The summed E-state index contributed by atoms with van der Waals surface area (Å²) in [6.07, 6.45) is 0.165. The summed E-state index contributed by atoms with van der Waals surface area (Å²) in [6.45, 7) is 11.7. The number of aromatic nitrogens is 2. The van der Waals surface area contributed by atoms with E-state index in [0.29, 0.717) is 12.0 Å². The van der Waals surface area contributed by atoms with Crippen molar-refractivity contribution in [3.63, 3.8) is 0 Å². The number of amides is 1. The molecule has 7 heteroatoms. The lowest BCUT2D eigenvalue weighted by molar-refractivity contribution is -0.00301. The first-order valence-corrected chi connectivity index (χ1v) is 7.79. The van der Waals surface area contributed by atoms with Crippen LogP contribution in [0.1, 0.15) is 63.3 Å². The Hall–Kier alpha value is -2.05. The molecule has 1 N–H and O–H groups in total. The second-order valence-corrected chi connectivity index (χ2v) is 7.31. The molecule has 1 aromatic rings. The van der Waals surface area contributed by atoms with E-state index in [4.69, 9.17) is 9.47 Å². The van der Waals surface area contributed by atoms with E-state index in [9.17, 15) is 9.59 Å². The Balaban J connectivity index is 2.30. The molecule has 2 rings (SSSR count). The van der Waals surface area contributed by atoms with E-state index in [0.717, 1.165) is 5.69 Å². The Bertz CT molecular complexity index is 613. The van der Waals surface area contributed by atoms with Crippen molar-refractivity contribution in [2.75, 3.05) is 6.61 Å². The SMILES string of the molecule is CCOC(=O)c1n[nH]c2c1CN(C(=O)OC(C)(C)C)C(C)(C)C2. The van der Waals surface area contributed by atoms with E-state index < -0.39 is 23.2 Å². The zero-order chi connectivity index (χ0) is 17.4. The highest BCUT2D eigenvalue weighted by Gasteiger charge is 2.41. The van der Waals surface area contributed by atoms with Gasteiger partial charge >= 0.3 is 12.1 Å². The van der Waals surface area contributed by atoms with Gasteiger partial charge in [-0.1, -0.05) is 0 Å². The summed E-state index contributed by atoms with van der Waals surface area (Å²) in [4.78, 5) is 26.2. The van der Waals surface area contributed by atoms with Crippen molar-refractivity contribution in [1.82, 2.24) is 15.1 Å². The molecule has 0 atom stereocenters. The lowest BCUT2D eigenvalue weighted by Gasteiger charge is -2.42. The van der Waals surface area contributed by atoms with Gasteiger partial charge in [-0.2, -0.15) is 5.10 Å². The summed E-state index contributed by atoms with van der Waals surface area (Å²) in [5.74, 6) is -0.478. The molecule has 128 valence electrons. The van der Waals surface area contributed by atoms with Crippen molar-refractivity contribution in [3.05, 3.63) is 17.0 Å². The Morgan fingerprint density at radius 3 is 2.57 bits per heavy atom. The summed E-state index contributed by atoms with van der Waals surface area (Å²) in [5, 5.41) is 6.97. The normalized spacial score (nSPS) is 16.7. The van der Waals surface area contributed by atoms with Gasteiger partial charge in [-0.05, 0) is 41.5 Å². The highest BCUT2D eigenvalue weighted by Crippen LogP contribution is 2.32. The average Bonchev–Trinajstić information content (AvgIpc) is 2.76. The van der Waals surface area contributed by atoms with Crippen molar-refractivity contribution < 1.29 is 19.1 Å². The van der Waals surface area contributed by atoms with E-state index in [1.54, 1.807) is 11.8 Å². The van der Waals surface area contributed by atoms with Crippen LogP contribution in [0.25, 0.3) is 0 Å². The van der Waals surface area contributed by atoms with Gasteiger partial charge in [0.25, 0.3) is 0 Å². The molecule has 1 aliphatic rings. The molecular weight excluding hydrogens is 298 g/mol. The van der Waals surface area contributed by atoms with E-state index >= 15 is 0 Å². The van der Waals surface area contributed by atoms with Crippen LogP contribution in [0, 0.1) is 0 Å². The predicted octanol–water partition coefficient (Wildman–Crippen LogP) is 2.66. The van der Waals surface area contributed by atoms with Crippen molar-refractivity contribution in [3.8, 4) is 0 Å². The maximum absolute atomic E-state index is 12.5. The highest BCUT2D eigenvalue weighted by molar-refractivity contribution is 5.89. The minimum Gasteiger partial charge on any atom is -0.461 e. The quantitative estimate of drug-likeness (QED) is 0.846. The third kappa shape index (κ3) is 3.65. The predicted molar refractivity (Wildman–Crippen MR) is 84.1 cm³/mol. The van der Waals surface area contributed by atoms with E-state index in [2.05, 4.69) is 10.2 Å². The minimum absolute atomic E-state index is 0.242. The highest BCUT2D eigenvalue weighted by atomic mass is 16.6. The lowest BCUT2D eigenvalue weighted by Crippen LogP contribution is -2.53. The molecule has 0 bridgehead atoms. The fourth-order valence-electron chi connectivity index (χ4n) is 2.61. The maximum Gasteiger partial charge on any atom is 0.411 e. The first-order valence-electron chi connectivity index (χ1n) is 7.79. The van der Waals surface area contributed by atoms with Crippen LogP contribution in [0.3, 0.4) is 0 Å². The van der Waals surface area contributed by atoms with Gasteiger partial charge in [0.05, 0.1) is 13.2 Å². The van der Waals surface area contributed by atoms with Gasteiger partial charge in [0.2, 0.25) is 0 Å². The number of carbonyl (C=O) groups is 2. The fourth-order valence-corrected chi connectivity index (χ4v) is 2.61. The molecule has 0 radical (unpaired) electrons. The Morgan fingerprint density at radius 2 is 2.00 bits per heavy atom. The zero-order valence-electron chi connectivity index (χ0n) is 14.6. The first kappa shape index (κ1) is 17.3. The Kier molecular flexibility index (Phi) is 4.41. The zero-order valence-corrected chi connectivity index (χ0v) is 14.6. The fraction of sp³-hybridized carbons (Fsp3) is 0.688. The Labute approximate surface area is 136 Å². The molecule has 23 heavy (non-hydrogen) atoms. The molecule has 1 amide bonds. The first-order chi connectivity index (χ1) is 10.5. The number of rotatable bonds is 2. The van der Waals surface area contributed by atoms with E-state index in [1.165, 1.54) is 0 Å². The van der Waals surface area contributed by atoms with E-state index in [1.807, 2.05) is 34.6 Å². The van der Waals surface area contributed by atoms with Gasteiger partial charge in [-0.25, -0.2) is 9.59 Å². The monoisotopic (exact) mass is 323 g/mol. The number of aromatic amines is 1. The number of nitrogens with zero attached hydrogens (tertiary/aromatic N) is 2. The summed E-state index contributed by atoms with van der Waals surface area (Å²) < 4.78 is 10.5. The standard InChI is InChI=1S/C16H25N3O4/c1-7-22-13(20)12-10-9-19(14(21)23-15(2,3)4)16(5,6)8-11(10)17-18-12/h7-9H2,1-6H3,(H,17,18). The van der Waals surface area contributed by atoms with Crippen molar-refractivity contribution in [1.29, 1.82) is 0 Å². The van der Waals surface area contributed by atoms with Crippen molar-refractivity contribution >= 4 is 12.1 Å². The van der Waals surface area contributed by atoms with Crippen LogP contribution in [0.5, 0.6) is 0 Å². The van der Waals surface area contributed by atoms with Crippen LogP contribution in [0.15, 0.2) is 0 Å². The molecule has 0 aliphatic carbocycles.